The first kappa shape index (κ1) is 17.4. The van der Waals surface area contributed by atoms with Gasteiger partial charge >= 0.3 is 0 Å². The Morgan fingerprint density at radius 3 is 2.24 bits per heavy atom. The molecule has 2 N–H and O–H groups in total. The highest BCUT2D eigenvalue weighted by atomic mass is 32.2. The fraction of sp³-hybridized carbons (Fsp3) is 0.538. The zero-order valence-electron chi connectivity index (χ0n) is 12.6. The van der Waals surface area contributed by atoms with Crippen LogP contribution in [0, 0.1) is 16.0 Å². The lowest BCUT2D eigenvalue weighted by Crippen LogP contribution is -2.39. The standard InChI is InChI=1S/C13H21N3O4S/c1-9(2)8-15(10(3)4)21(19,20)13-6-5-11(16(17)18)7-12(13)14/h5-7,9-10H,8,14H2,1-4H3. The minimum absolute atomic E-state index is 0.0950. The van der Waals surface area contributed by atoms with Crippen LogP contribution in [0.5, 0.6) is 0 Å². The molecular weight excluding hydrogens is 294 g/mol. The number of nitro benzene ring substituents is 1. The van der Waals surface area contributed by atoms with Crippen molar-refractivity contribution in [2.24, 2.45) is 5.92 Å². The van der Waals surface area contributed by atoms with E-state index >= 15 is 0 Å². The molecule has 118 valence electrons. The summed E-state index contributed by atoms with van der Waals surface area (Å²) in [6.07, 6.45) is 0. The van der Waals surface area contributed by atoms with Gasteiger partial charge in [-0.1, -0.05) is 13.8 Å². The number of benzene rings is 1. The van der Waals surface area contributed by atoms with Crippen LogP contribution in [0.4, 0.5) is 11.4 Å². The zero-order valence-corrected chi connectivity index (χ0v) is 13.4. The number of hydrogen-bond acceptors (Lipinski definition) is 5. The Balaban J connectivity index is 3.31. The summed E-state index contributed by atoms with van der Waals surface area (Å²) in [5.41, 5.74) is 5.36. The second kappa shape index (κ2) is 6.40. The molecule has 0 aliphatic carbocycles. The molecule has 8 heteroatoms. The average molecular weight is 315 g/mol. The predicted octanol–water partition coefficient (Wildman–Crippen LogP) is 2.23. The van der Waals surface area contributed by atoms with Gasteiger partial charge in [0, 0.05) is 24.7 Å². The third kappa shape index (κ3) is 3.92. The van der Waals surface area contributed by atoms with E-state index in [1.807, 2.05) is 13.8 Å². The number of nitro groups is 1. The van der Waals surface area contributed by atoms with Crippen molar-refractivity contribution in [1.29, 1.82) is 0 Å². The molecule has 0 aromatic heterocycles. The van der Waals surface area contributed by atoms with Crippen LogP contribution in [-0.4, -0.2) is 30.2 Å². The maximum atomic E-state index is 12.7. The van der Waals surface area contributed by atoms with E-state index in [4.69, 9.17) is 5.73 Å². The molecule has 0 aliphatic heterocycles. The summed E-state index contributed by atoms with van der Waals surface area (Å²) in [5, 5.41) is 10.7. The van der Waals surface area contributed by atoms with E-state index in [2.05, 4.69) is 0 Å². The minimum Gasteiger partial charge on any atom is -0.397 e. The van der Waals surface area contributed by atoms with Gasteiger partial charge in [0.15, 0.2) is 0 Å². The summed E-state index contributed by atoms with van der Waals surface area (Å²) < 4.78 is 26.7. The largest absolute Gasteiger partial charge is 0.397 e. The topological polar surface area (TPSA) is 107 Å². The van der Waals surface area contributed by atoms with Crippen molar-refractivity contribution in [3.05, 3.63) is 28.3 Å². The molecule has 0 heterocycles. The van der Waals surface area contributed by atoms with Gasteiger partial charge < -0.3 is 5.73 Å². The normalized spacial score (nSPS) is 12.3. The zero-order chi connectivity index (χ0) is 16.4. The highest BCUT2D eigenvalue weighted by Crippen LogP contribution is 2.28. The number of rotatable bonds is 6. The molecule has 21 heavy (non-hydrogen) atoms. The Bertz CT molecular complexity index is 626. The van der Waals surface area contributed by atoms with Gasteiger partial charge in [-0.2, -0.15) is 4.31 Å². The van der Waals surface area contributed by atoms with Gasteiger partial charge in [-0.15, -0.1) is 0 Å². The van der Waals surface area contributed by atoms with Crippen molar-refractivity contribution in [3.8, 4) is 0 Å². The van der Waals surface area contributed by atoms with Crippen LogP contribution in [-0.2, 0) is 10.0 Å². The predicted molar refractivity (Wildman–Crippen MR) is 81.4 cm³/mol. The Morgan fingerprint density at radius 2 is 1.86 bits per heavy atom. The number of hydrogen-bond donors (Lipinski definition) is 1. The van der Waals surface area contributed by atoms with Crippen LogP contribution in [0.25, 0.3) is 0 Å². The molecule has 0 fully saturated rings. The van der Waals surface area contributed by atoms with E-state index < -0.39 is 14.9 Å². The Kier molecular flexibility index (Phi) is 5.30. The third-order valence-corrected chi connectivity index (χ3v) is 5.03. The van der Waals surface area contributed by atoms with Gasteiger partial charge in [0.1, 0.15) is 4.90 Å². The van der Waals surface area contributed by atoms with Crippen LogP contribution in [0.1, 0.15) is 27.7 Å². The maximum absolute atomic E-state index is 12.7. The van der Waals surface area contributed by atoms with Crippen LogP contribution in [0.2, 0.25) is 0 Å². The number of nitrogens with zero attached hydrogens (tertiary/aromatic N) is 2. The van der Waals surface area contributed by atoms with Crippen LogP contribution < -0.4 is 5.73 Å². The van der Waals surface area contributed by atoms with Gasteiger partial charge in [0.05, 0.1) is 10.6 Å². The van der Waals surface area contributed by atoms with Gasteiger partial charge in [0.25, 0.3) is 5.69 Å². The lowest BCUT2D eigenvalue weighted by molar-refractivity contribution is -0.384. The Hall–Kier alpha value is -1.67. The van der Waals surface area contributed by atoms with Crippen molar-refractivity contribution in [3.63, 3.8) is 0 Å². The molecule has 7 nitrogen and oxygen atoms in total. The van der Waals surface area contributed by atoms with E-state index in [-0.39, 0.29) is 28.2 Å². The van der Waals surface area contributed by atoms with Crippen molar-refractivity contribution in [2.45, 2.75) is 38.6 Å². The van der Waals surface area contributed by atoms with Crippen molar-refractivity contribution in [2.75, 3.05) is 12.3 Å². The summed E-state index contributed by atoms with van der Waals surface area (Å²) in [6, 6.07) is 3.18. The fourth-order valence-electron chi connectivity index (χ4n) is 1.96. The fourth-order valence-corrected chi connectivity index (χ4v) is 3.86. The van der Waals surface area contributed by atoms with E-state index in [0.717, 1.165) is 12.1 Å². The van der Waals surface area contributed by atoms with Crippen LogP contribution >= 0.6 is 0 Å². The number of non-ortho nitro benzene ring substituents is 1. The summed E-state index contributed by atoms with van der Waals surface area (Å²) in [6.45, 7) is 7.76. The van der Waals surface area contributed by atoms with E-state index in [9.17, 15) is 18.5 Å². The Morgan fingerprint density at radius 1 is 1.29 bits per heavy atom. The molecule has 0 unspecified atom stereocenters. The SMILES string of the molecule is CC(C)CN(C(C)C)S(=O)(=O)c1ccc([N+](=O)[O-])cc1N. The number of nitrogen functional groups attached to an aromatic ring is 1. The highest BCUT2D eigenvalue weighted by molar-refractivity contribution is 7.89. The summed E-state index contributed by atoms with van der Waals surface area (Å²) in [5.74, 6) is 0.154. The second-order valence-electron chi connectivity index (χ2n) is 5.54. The van der Waals surface area contributed by atoms with Crippen molar-refractivity contribution < 1.29 is 13.3 Å². The molecular formula is C13H21N3O4S. The van der Waals surface area contributed by atoms with Gasteiger partial charge in [0.2, 0.25) is 10.0 Å². The van der Waals surface area contributed by atoms with E-state index in [1.54, 1.807) is 13.8 Å². The second-order valence-corrected chi connectivity index (χ2v) is 7.40. The monoisotopic (exact) mass is 315 g/mol. The van der Waals surface area contributed by atoms with Crippen LogP contribution in [0.3, 0.4) is 0 Å². The number of nitrogens with two attached hydrogens (primary N) is 1. The molecule has 1 aromatic carbocycles. The van der Waals surface area contributed by atoms with E-state index in [1.165, 1.54) is 10.4 Å². The molecule has 1 aromatic rings. The van der Waals surface area contributed by atoms with Crippen molar-refractivity contribution >= 4 is 21.4 Å². The molecule has 0 aliphatic rings. The summed E-state index contributed by atoms with van der Waals surface area (Å²) >= 11 is 0. The van der Waals surface area contributed by atoms with Gasteiger partial charge in [-0.05, 0) is 25.8 Å². The third-order valence-electron chi connectivity index (χ3n) is 2.91. The molecule has 1 rings (SSSR count). The summed E-state index contributed by atoms with van der Waals surface area (Å²) in [4.78, 5) is 9.99. The van der Waals surface area contributed by atoms with Gasteiger partial charge in [-0.25, -0.2) is 8.42 Å². The molecule has 0 saturated carbocycles. The molecule has 0 bridgehead atoms. The highest BCUT2D eigenvalue weighted by Gasteiger charge is 2.30. The molecule has 0 radical (unpaired) electrons. The minimum atomic E-state index is -3.78. The molecule has 0 saturated heterocycles. The molecule has 0 atom stereocenters. The molecule has 0 spiro atoms. The molecule has 0 amide bonds. The first-order valence-electron chi connectivity index (χ1n) is 6.63. The van der Waals surface area contributed by atoms with Crippen molar-refractivity contribution in [1.82, 2.24) is 4.31 Å². The summed E-state index contributed by atoms with van der Waals surface area (Å²) in [7, 11) is -3.78. The number of sulfonamides is 1. The smallest absolute Gasteiger partial charge is 0.271 e. The quantitative estimate of drug-likeness (QED) is 0.492. The lowest BCUT2D eigenvalue weighted by Gasteiger charge is -2.28. The van der Waals surface area contributed by atoms with Gasteiger partial charge in [-0.3, -0.25) is 10.1 Å². The first-order valence-corrected chi connectivity index (χ1v) is 8.07. The maximum Gasteiger partial charge on any atom is 0.271 e. The van der Waals surface area contributed by atoms with Crippen LogP contribution in [0.15, 0.2) is 23.1 Å². The Labute approximate surface area is 124 Å². The van der Waals surface area contributed by atoms with E-state index in [0.29, 0.717) is 6.54 Å². The number of anilines is 1. The first-order chi connectivity index (χ1) is 9.57. The average Bonchev–Trinajstić information content (AvgIpc) is 2.34. The lowest BCUT2D eigenvalue weighted by atomic mass is 10.2.